The number of nitrogens with zero attached hydrogens (tertiary/aromatic N) is 3. The van der Waals surface area contributed by atoms with E-state index in [2.05, 4.69) is 22.2 Å². The quantitative estimate of drug-likeness (QED) is 0.797. The number of nitrogens with two attached hydrogens (primary N) is 1. The van der Waals surface area contributed by atoms with Gasteiger partial charge in [-0.1, -0.05) is 12.2 Å². The van der Waals surface area contributed by atoms with Crippen LogP contribution in [0.5, 0.6) is 0 Å². The van der Waals surface area contributed by atoms with Gasteiger partial charge in [-0.3, -0.25) is 4.98 Å². The molecule has 0 amide bonds. The van der Waals surface area contributed by atoms with E-state index < -0.39 is 0 Å². The van der Waals surface area contributed by atoms with E-state index >= 15 is 0 Å². The van der Waals surface area contributed by atoms with Gasteiger partial charge in [-0.05, 0) is 19.1 Å². The maximum atomic E-state index is 5.49. The predicted octanol–water partition coefficient (Wildman–Crippen LogP) is 1.41. The molecule has 0 aliphatic heterocycles. The SMILES string of the molecule is CC(Cn1ccnc1)Nc1ccc(C(N)=S)nc1. The van der Waals surface area contributed by atoms with Crippen LogP contribution in [-0.2, 0) is 6.54 Å². The molecule has 6 heteroatoms. The van der Waals surface area contributed by atoms with Crippen LogP contribution in [0.15, 0.2) is 37.1 Å². The Labute approximate surface area is 111 Å². The summed E-state index contributed by atoms with van der Waals surface area (Å²) in [6, 6.07) is 4.01. The fraction of sp³-hybridized carbons (Fsp3) is 0.250. The highest BCUT2D eigenvalue weighted by Gasteiger charge is 2.04. The summed E-state index contributed by atoms with van der Waals surface area (Å²) in [4.78, 5) is 8.50. The minimum atomic E-state index is 0.275. The number of aromatic nitrogens is 3. The van der Waals surface area contributed by atoms with Crippen molar-refractivity contribution in [1.82, 2.24) is 14.5 Å². The van der Waals surface area contributed by atoms with Crippen molar-refractivity contribution < 1.29 is 0 Å². The molecule has 2 heterocycles. The highest BCUT2D eigenvalue weighted by molar-refractivity contribution is 7.80. The zero-order valence-corrected chi connectivity index (χ0v) is 10.9. The molecule has 5 nitrogen and oxygen atoms in total. The van der Waals surface area contributed by atoms with Crippen LogP contribution in [0.1, 0.15) is 12.6 Å². The van der Waals surface area contributed by atoms with Gasteiger partial charge in [0.15, 0.2) is 0 Å². The molecule has 0 bridgehead atoms. The van der Waals surface area contributed by atoms with Crippen LogP contribution in [0.4, 0.5) is 5.69 Å². The van der Waals surface area contributed by atoms with Crippen molar-refractivity contribution in [3.05, 3.63) is 42.7 Å². The fourth-order valence-electron chi connectivity index (χ4n) is 1.67. The molecule has 0 radical (unpaired) electrons. The minimum Gasteiger partial charge on any atom is -0.388 e. The maximum Gasteiger partial charge on any atom is 0.122 e. The van der Waals surface area contributed by atoms with Crippen molar-refractivity contribution in [2.45, 2.75) is 19.5 Å². The number of hydrogen-bond acceptors (Lipinski definition) is 4. The Morgan fingerprint density at radius 2 is 2.39 bits per heavy atom. The van der Waals surface area contributed by atoms with Crippen LogP contribution < -0.4 is 11.1 Å². The predicted molar refractivity (Wildman–Crippen MR) is 75.4 cm³/mol. The van der Waals surface area contributed by atoms with Crippen LogP contribution in [0.3, 0.4) is 0 Å². The van der Waals surface area contributed by atoms with Gasteiger partial charge in [-0.25, -0.2) is 4.98 Å². The molecule has 2 aromatic rings. The lowest BCUT2D eigenvalue weighted by molar-refractivity contribution is 0.618. The van der Waals surface area contributed by atoms with E-state index in [4.69, 9.17) is 18.0 Å². The summed E-state index contributed by atoms with van der Waals surface area (Å²) < 4.78 is 2.02. The summed E-state index contributed by atoms with van der Waals surface area (Å²) >= 11 is 4.85. The Morgan fingerprint density at radius 3 is 2.94 bits per heavy atom. The smallest absolute Gasteiger partial charge is 0.122 e. The van der Waals surface area contributed by atoms with Crippen molar-refractivity contribution in [1.29, 1.82) is 0 Å². The third-order valence-corrected chi connectivity index (χ3v) is 2.68. The lowest BCUT2D eigenvalue weighted by Gasteiger charge is -2.15. The highest BCUT2D eigenvalue weighted by atomic mass is 32.1. The lowest BCUT2D eigenvalue weighted by atomic mass is 10.3. The second kappa shape index (κ2) is 5.59. The average molecular weight is 261 g/mol. The van der Waals surface area contributed by atoms with Crippen molar-refractivity contribution >= 4 is 22.9 Å². The molecular weight excluding hydrogens is 246 g/mol. The molecule has 0 aromatic carbocycles. The van der Waals surface area contributed by atoms with Crippen LogP contribution >= 0.6 is 12.2 Å². The number of nitrogens with one attached hydrogen (secondary N) is 1. The molecule has 18 heavy (non-hydrogen) atoms. The minimum absolute atomic E-state index is 0.275. The van der Waals surface area contributed by atoms with Crippen molar-refractivity contribution in [3.63, 3.8) is 0 Å². The van der Waals surface area contributed by atoms with E-state index in [1.165, 1.54) is 0 Å². The normalized spacial score (nSPS) is 12.1. The number of hydrogen-bond donors (Lipinski definition) is 2. The summed E-state index contributed by atoms with van der Waals surface area (Å²) in [7, 11) is 0. The molecule has 0 fully saturated rings. The van der Waals surface area contributed by atoms with Crippen LogP contribution in [0.25, 0.3) is 0 Å². The van der Waals surface area contributed by atoms with Gasteiger partial charge in [-0.15, -0.1) is 0 Å². The first-order valence-electron chi connectivity index (χ1n) is 5.63. The van der Waals surface area contributed by atoms with Crippen LogP contribution in [0.2, 0.25) is 0 Å². The second-order valence-corrected chi connectivity index (χ2v) is 4.54. The molecule has 2 aromatic heterocycles. The van der Waals surface area contributed by atoms with Crippen LogP contribution in [0, 0.1) is 0 Å². The van der Waals surface area contributed by atoms with Gasteiger partial charge in [-0.2, -0.15) is 0 Å². The van der Waals surface area contributed by atoms with E-state index in [0.717, 1.165) is 12.2 Å². The maximum absolute atomic E-state index is 5.49. The summed E-state index contributed by atoms with van der Waals surface area (Å²) in [6.45, 7) is 2.94. The van der Waals surface area contributed by atoms with Gasteiger partial charge in [0.05, 0.1) is 23.9 Å². The third kappa shape index (κ3) is 3.27. The Hall–Kier alpha value is -1.95. The molecule has 1 atom stereocenters. The van der Waals surface area contributed by atoms with Crippen molar-refractivity contribution in [2.24, 2.45) is 5.73 Å². The first kappa shape index (κ1) is 12.5. The van der Waals surface area contributed by atoms with E-state index in [1.807, 2.05) is 22.9 Å². The second-order valence-electron chi connectivity index (χ2n) is 4.10. The average Bonchev–Trinajstić information content (AvgIpc) is 2.82. The van der Waals surface area contributed by atoms with Gasteiger partial charge in [0.25, 0.3) is 0 Å². The molecule has 0 saturated heterocycles. The summed E-state index contributed by atoms with van der Waals surface area (Å²) in [5.74, 6) is 0. The standard InChI is InChI=1S/C12H15N5S/c1-9(7-17-5-4-14-8-17)16-10-2-3-11(12(13)18)15-6-10/h2-6,8-9,16H,7H2,1H3,(H2,13,18). The highest BCUT2D eigenvalue weighted by Crippen LogP contribution is 2.08. The first-order valence-corrected chi connectivity index (χ1v) is 6.04. The fourth-order valence-corrected chi connectivity index (χ4v) is 1.79. The Balaban J connectivity index is 1.94. The monoisotopic (exact) mass is 261 g/mol. The molecule has 2 rings (SSSR count). The number of pyridine rings is 1. The van der Waals surface area contributed by atoms with Crippen LogP contribution in [-0.4, -0.2) is 25.6 Å². The summed E-state index contributed by atoms with van der Waals surface area (Å²) in [6.07, 6.45) is 7.24. The molecular formula is C12H15N5S. The lowest BCUT2D eigenvalue weighted by Crippen LogP contribution is -2.21. The topological polar surface area (TPSA) is 68.8 Å². The zero-order valence-electron chi connectivity index (χ0n) is 10.1. The third-order valence-electron chi connectivity index (χ3n) is 2.47. The number of thiocarbonyl (C=S) groups is 1. The zero-order chi connectivity index (χ0) is 13.0. The number of anilines is 1. The van der Waals surface area contributed by atoms with Crippen molar-refractivity contribution in [2.75, 3.05) is 5.32 Å². The number of imidazole rings is 1. The van der Waals surface area contributed by atoms with E-state index in [1.54, 1.807) is 18.7 Å². The largest absolute Gasteiger partial charge is 0.388 e. The summed E-state index contributed by atoms with van der Waals surface area (Å²) in [5, 5.41) is 3.35. The van der Waals surface area contributed by atoms with E-state index in [-0.39, 0.29) is 6.04 Å². The number of rotatable bonds is 5. The molecule has 94 valence electrons. The van der Waals surface area contributed by atoms with Gasteiger partial charge in [0.2, 0.25) is 0 Å². The Bertz CT molecular complexity index is 506. The van der Waals surface area contributed by atoms with Gasteiger partial charge < -0.3 is 15.6 Å². The van der Waals surface area contributed by atoms with Gasteiger partial charge >= 0.3 is 0 Å². The molecule has 0 aliphatic rings. The van der Waals surface area contributed by atoms with Crippen molar-refractivity contribution in [3.8, 4) is 0 Å². The molecule has 1 unspecified atom stereocenters. The van der Waals surface area contributed by atoms with Gasteiger partial charge in [0.1, 0.15) is 4.99 Å². The molecule has 0 aliphatic carbocycles. The molecule has 3 N–H and O–H groups in total. The Kier molecular flexibility index (Phi) is 3.88. The van der Waals surface area contributed by atoms with E-state index in [0.29, 0.717) is 10.7 Å². The van der Waals surface area contributed by atoms with Gasteiger partial charge in [0, 0.05) is 25.0 Å². The summed E-state index contributed by atoms with van der Waals surface area (Å²) in [5.41, 5.74) is 7.08. The molecule has 0 spiro atoms. The Morgan fingerprint density at radius 1 is 1.56 bits per heavy atom. The van der Waals surface area contributed by atoms with E-state index in [9.17, 15) is 0 Å². The molecule has 0 saturated carbocycles. The first-order chi connectivity index (χ1) is 8.65.